The van der Waals surface area contributed by atoms with Gasteiger partial charge in [-0.2, -0.15) is 0 Å². The van der Waals surface area contributed by atoms with Crippen molar-refractivity contribution in [3.05, 3.63) is 28.3 Å². The summed E-state index contributed by atoms with van der Waals surface area (Å²) >= 11 is -2.24. The first-order valence-electron chi connectivity index (χ1n) is 3.10. The topological polar surface area (TPSA) is 101 Å². The molecule has 1 aromatic carbocycles. The summed E-state index contributed by atoms with van der Waals surface area (Å²) in [6.45, 7) is 0. The molecule has 0 heterocycles. The maximum absolute atomic E-state index is 10.5. The summed E-state index contributed by atoms with van der Waals surface area (Å²) in [6, 6.07) is 2.96. The summed E-state index contributed by atoms with van der Waals surface area (Å²) in [5, 5.41) is 19.2. The fourth-order valence-corrected chi connectivity index (χ4v) is 1.16. The summed E-state index contributed by atoms with van der Waals surface area (Å²) in [5.41, 5.74) is -0.491. The van der Waals surface area contributed by atoms with E-state index in [-0.39, 0.29) is 4.90 Å². The van der Waals surface area contributed by atoms with Gasteiger partial charge in [0.05, 0.1) is 9.82 Å². The van der Waals surface area contributed by atoms with Crippen molar-refractivity contribution in [3.8, 4) is 5.75 Å². The Morgan fingerprint density at radius 2 is 2.08 bits per heavy atom. The predicted molar refractivity (Wildman–Crippen MR) is 43.8 cm³/mol. The highest BCUT2D eigenvalue weighted by atomic mass is 32.2. The maximum atomic E-state index is 10.5. The molecule has 0 saturated heterocycles. The van der Waals surface area contributed by atoms with Gasteiger partial charge in [-0.05, 0) is 6.07 Å². The molecule has 1 rings (SSSR count). The Bertz CT molecular complexity index is 377. The molecule has 6 nitrogen and oxygen atoms in total. The first kappa shape index (κ1) is 9.62. The van der Waals surface area contributed by atoms with Gasteiger partial charge in [0.2, 0.25) is 0 Å². The average molecular weight is 203 g/mol. The molecule has 0 fully saturated rings. The highest BCUT2D eigenvalue weighted by Gasteiger charge is 2.14. The van der Waals surface area contributed by atoms with Crippen molar-refractivity contribution < 1.29 is 18.8 Å². The number of nitrogens with zero attached hydrogens (tertiary/aromatic N) is 1. The third-order valence-corrected chi connectivity index (χ3v) is 2.00. The van der Waals surface area contributed by atoms with Crippen LogP contribution in [0.2, 0.25) is 0 Å². The molecular formula is C6H5NO5S. The molecule has 0 saturated carbocycles. The Morgan fingerprint density at radius 3 is 2.46 bits per heavy atom. The molecule has 7 heteroatoms. The molecule has 0 aliphatic heterocycles. The number of hydrogen-bond donors (Lipinski definition) is 2. The fourth-order valence-electron chi connectivity index (χ4n) is 0.766. The number of benzene rings is 1. The fraction of sp³-hybridized carbons (Fsp3) is 0. The van der Waals surface area contributed by atoms with Gasteiger partial charge in [0.1, 0.15) is 0 Å². The van der Waals surface area contributed by atoms with Crippen LogP contribution in [-0.2, 0) is 11.1 Å². The van der Waals surface area contributed by atoms with E-state index in [2.05, 4.69) is 0 Å². The molecule has 0 spiro atoms. The number of aromatic hydroxyl groups is 1. The van der Waals surface area contributed by atoms with Crippen LogP contribution in [0.4, 0.5) is 5.69 Å². The molecule has 0 bridgehead atoms. The molecule has 2 N–H and O–H groups in total. The molecular weight excluding hydrogens is 198 g/mol. The van der Waals surface area contributed by atoms with Gasteiger partial charge in [0.15, 0.2) is 16.8 Å². The van der Waals surface area contributed by atoms with Gasteiger partial charge < -0.3 is 9.66 Å². The number of hydrogen-bond acceptors (Lipinski definition) is 4. The summed E-state index contributed by atoms with van der Waals surface area (Å²) < 4.78 is 19.0. The lowest BCUT2D eigenvalue weighted by Gasteiger charge is -1.97. The Hall–Kier alpha value is -1.47. The van der Waals surface area contributed by atoms with E-state index in [1.807, 2.05) is 0 Å². The molecule has 1 atom stereocenters. The van der Waals surface area contributed by atoms with Crippen LogP contribution in [0.1, 0.15) is 0 Å². The smallest absolute Gasteiger partial charge is 0.310 e. The second-order valence-electron chi connectivity index (χ2n) is 2.16. The lowest BCUT2D eigenvalue weighted by Crippen LogP contribution is -1.92. The van der Waals surface area contributed by atoms with E-state index in [1.54, 1.807) is 0 Å². The van der Waals surface area contributed by atoms with Crippen LogP contribution in [0.5, 0.6) is 5.75 Å². The highest BCUT2D eigenvalue weighted by Crippen LogP contribution is 2.26. The predicted octanol–water partition coefficient (Wildman–Crippen LogP) is 0.881. The molecule has 0 aliphatic rings. The van der Waals surface area contributed by atoms with Crippen molar-refractivity contribution in [2.45, 2.75) is 4.90 Å². The van der Waals surface area contributed by atoms with Crippen molar-refractivity contribution in [2.24, 2.45) is 0 Å². The third-order valence-electron chi connectivity index (χ3n) is 1.35. The Labute approximate surface area is 75.3 Å². The molecule has 0 amide bonds. The SMILES string of the molecule is O=[N+]([O-])c1ccc(S(=O)O)cc1O. The lowest BCUT2D eigenvalue weighted by atomic mass is 10.3. The van der Waals surface area contributed by atoms with Crippen molar-refractivity contribution in [1.82, 2.24) is 0 Å². The van der Waals surface area contributed by atoms with E-state index in [9.17, 15) is 14.3 Å². The van der Waals surface area contributed by atoms with Crippen molar-refractivity contribution in [2.75, 3.05) is 0 Å². The Morgan fingerprint density at radius 1 is 1.46 bits per heavy atom. The van der Waals surface area contributed by atoms with Crippen LogP contribution in [0.25, 0.3) is 0 Å². The molecule has 1 aromatic rings. The Kier molecular flexibility index (Phi) is 2.59. The second kappa shape index (κ2) is 3.50. The third kappa shape index (κ3) is 2.01. The summed E-state index contributed by atoms with van der Waals surface area (Å²) in [4.78, 5) is 9.35. The van der Waals surface area contributed by atoms with Gasteiger partial charge in [-0.15, -0.1) is 0 Å². The first-order valence-corrected chi connectivity index (χ1v) is 4.21. The normalized spacial score (nSPS) is 12.4. The van der Waals surface area contributed by atoms with Crippen LogP contribution in [0.3, 0.4) is 0 Å². The molecule has 70 valence electrons. The van der Waals surface area contributed by atoms with Crippen LogP contribution in [0.15, 0.2) is 23.1 Å². The van der Waals surface area contributed by atoms with Crippen LogP contribution in [0, 0.1) is 10.1 Å². The number of nitro benzene ring substituents is 1. The van der Waals surface area contributed by atoms with Crippen LogP contribution >= 0.6 is 0 Å². The second-order valence-corrected chi connectivity index (χ2v) is 3.13. The van der Waals surface area contributed by atoms with E-state index in [1.165, 1.54) is 0 Å². The lowest BCUT2D eigenvalue weighted by molar-refractivity contribution is -0.385. The zero-order valence-corrected chi connectivity index (χ0v) is 7.02. The van der Waals surface area contributed by atoms with Crippen molar-refractivity contribution in [3.63, 3.8) is 0 Å². The average Bonchev–Trinajstić information content (AvgIpc) is 2.03. The van der Waals surface area contributed by atoms with Gasteiger partial charge >= 0.3 is 5.69 Å². The van der Waals surface area contributed by atoms with Gasteiger partial charge in [-0.3, -0.25) is 10.1 Å². The summed E-state index contributed by atoms with van der Waals surface area (Å²) in [7, 11) is 0. The summed E-state index contributed by atoms with van der Waals surface area (Å²) in [5.74, 6) is -0.620. The van der Waals surface area contributed by atoms with Crippen molar-refractivity contribution in [1.29, 1.82) is 0 Å². The zero-order valence-electron chi connectivity index (χ0n) is 6.21. The number of rotatable bonds is 2. The van der Waals surface area contributed by atoms with Gasteiger partial charge in [-0.25, -0.2) is 4.21 Å². The highest BCUT2D eigenvalue weighted by molar-refractivity contribution is 7.79. The van der Waals surface area contributed by atoms with E-state index < -0.39 is 27.4 Å². The standard InChI is InChI=1S/C6H5NO5S/c8-6-3-4(13(11)12)1-2-5(6)7(9)10/h1-3,8H,(H,11,12). The van der Waals surface area contributed by atoms with Gasteiger partial charge in [0, 0.05) is 12.1 Å². The number of nitro groups is 1. The minimum Gasteiger partial charge on any atom is -0.502 e. The molecule has 13 heavy (non-hydrogen) atoms. The van der Waals surface area contributed by atoms with Gasteiger partial charge in [0.25, 0.3) is 0 Å². The first-order chi connectivity index (χ1) is 6.02. The minimum atomic E-state index is -2.24. The number of phenolic OH excluding ortho intramolecular Hbond substituents is 1. The number of phenols is 1. The summed E-state index contributed by atoms with van der Waals surface area (Å²) in [6.07, 6.45) is 0. The molecule has 0 aromatic heterocycles. The van der Waals surface area contributed by atoms with Gasteiger partial charge in [-0.1, -0.05) is 0 Å². The molecule has 1 unspecified atom stereocenters. The maximum Gasteiger partial charge on any atom is 0.310 e. The van der Waals surface area contributed by atoms with E-state index in [0.717, 1.165) is 18.2 Å². The minimum absolute atomic E-state index is 0.0805. The van der Waals surface area contributed by atoms with Crippen molar-refractivity contribution >= 4 is 16.8 Å². The van der Waals surface area contributed by atoms with E-state index in [0.29, 0.717) is 0 Å². The molecule has 0 aliphatic carbocycles. The Balaban J connectivity index is 3.20. The monoisotopic (exact) mass is 203 g/mol. The van der Waals surface area contributed by atoms with Crippen LogP contribution in [-0.4, -0.2) is 18.8 Å². The van der Waals surface area contributed by atoms with E-state index in [4.69, 9.17) is 9.66 Å². The van der Waals surface area contributed by atoms with E-state index >= 15 is 0 Å². The zero-order chi connectivity index (χ0) is 10.0. The van der Waals surface area contributed by atoms with Crippen LogP contribution < -0.4 is 0 Å². The quantitative estimate of drug-likeness (QED) is 0.422. The molecule has 0 radical (unpaired) electrons. The largest absolute Gasteiger partial charge is 0.502 e.